The summed E-state index contributed by atoms with van der Waals surface area (Å²) in [5.41, 5.74) is 3.52. The van der Waals surface area contributed by atoms with Crippen molar-refractivity contribution in [2.45, 2.75) is 31.0 Å². The van der Waals surface area contributed by atoms with Gasteiger partial charge >= 0.3 is 0 Å². The van der Waals surface area contributed by atoms with Crippen LogP contribution in [0.25, 0.3) is 0 Å². The first-order chi connectivity index (χ1) is 8.88. The molecule has 0 saturated heterocycles. The second-order valence-electron chi connectivity index (χ2n) is 5.79. The summed E-state index contributed by atoms with van der Waals surface area (Å²) < 4.78 is 13.2. The Hall–Kier alpha value is -1.15. The Kier molecular flexibility index (Phi) is 4.10. The predicted octanol–water partition coefficient (Wildman–Crippen LogP) is 5.61. The lowest BCUT2D eigenvalue weighted by molar-refractivity contribution is 0.590. The van der Waals surface area contributed by atoms with Gasteiger partial charge in [-0.05, 0) is 34.2 Å². The van der Waals surface area contributed by atoms with Crippen LogP contribution in [0, 0.1) is 5.82 Å². The van der Waals surface area contributed by atoms with Crippen molar-refractivity contribution in [1.29, 1.82) is 0 Å². The first-order valence-corrected chi connectivity index (χ1v) is 7.29. The molecule has 2 heteroatoms. The van der Waals surface area contributed by atoms with Gasteiger partial charge in [0.05, 0.1) is 4.83 Å². The Bertz CT molecular complexity index is 552. The fraction of sp³-hybridized carbons (Fsp3) is 0.294. The normalized spacial score (nSPS) is 13.3. The highest BCUT2D eigenvalue weighted by molar-refractivity contribution is 9.09. The van der Waals surface area contributed by atoms with Gasteiger partial charge in [-0.3, -0.25) is 0 Å². The van der Waals surface area contributed by atoms with E-state index in [0.29, 0.717) is 0 Å². The van der Waals surface area contributed by atoms with E-state index in [9.17, 15) is 4.39 Å². The van der Waals surface area contributed by atoms with E-state index in [1.165, 1.54) is 11.6 Å². The summed E-state index contributed by atoms with van der Waals surface area (Å²) in [6.07, 6.45) is 0. The molecular weight excluding hydrogens is 303 g/mol. The van der Waals surface area contributed by atoms with Crippen LogP contribution in [0.1, 0.15) is 42.3 Å². The van der Waals surface area contributed by atoms with Crippen LogP contribution in [-0.2, 0) is 5.41 Å². The number of alkyl halides is 1. The number of hydrogen-bond acceptors (Lipinski definition) is 0. The molecule has 0 radical (unpaired) electrons. The third kappa shape index (κ3) is 3.44. The molecule has 2 aromatic carbocycles. The largest absolute Gasteiger partial charge is 0.207 e. The zero-order valence-electron chi connectivity index (χ0n) is 11.5. The number of rotatable bonds is 2. The molecule has 0 aromatic heterocycles. The van der Waals surface area contributed by atoms with Crippen molar-refractivity contribution in [2.75, 3.05) is 0 Å². The molecule has 0 aliphatic heterocycles. The van der Waals surface area contributed by atoms with Crippen LogP contribution in [0.2, 0.25) is 0 Å². The minimum Gasteiger partial charge on any atom is -0.207 e. The maximum atomic E-state index is 13.2. The Balaban J connectivity index is 2.27. The van der Waals surface area contributed by atoms with Crippen LogP contribution in [0.4, 0.5) is 4.39 Å². The van der Waals surface area contributed by atoms with E-state index in [1.54, 1.807) is 12.1 Å². The molecule has 0 saturated carbocycles. The van der Waals surface area contributed by atoms with Crippen LogP contribution in [-0.4, -0.2) is 0 Å². The molecule has 0 bridgehead atoms. The summed E-state index contributed by atoms with van der Waals surface area (Å²) in [6, 6.07) is 15.2. The van der Waals surface area contributed by atoms with Crippen LogP contribution in [0.5, 0.6) is 0 Å². The molecule has 0 fully saturated rings. The van der Waals surface area contributed by atoms with Crippen molar-refractivity contribution >= 4 is 15.9 Å². The molecule has 1 unspecified atom stereocenters. The van der Waals surface area contributed by atoms with E-state index in [-0.39, 0.29) is 16.1 Å². The maximum absolute atomic E-state index is 13.2. The van der Waals surface area contributed by atoms with Gasteiger partial charge in [-0.1, -0.05) is 73.1 Å². The second kappa shape index (κ2) is 5.46. The van der Waals surface area contributed by atoms with E-state index < -0.39 is 0 Å². The lowest BCUT2D eigenvalue weighted by Crippen LogP contribution is -2.10. The monoisotopic (exact) mass is 320 g/mol. The smallest absolute Gasteiger partial charge is 0.123 e. The highest BCUT2D eigenvalue weighted by atomic mass is 79.9. The zero-order chi connectivity index (χ0) is 14.0. The molecule has 0 spiro atoms. The standard InChI is InChI=1S/C17H18BrF/c1-17(2,3)14-9-7-12(8-10-14)16(18)13-5-4-6-15(19)11-13/h4-11,16H,1-3H3. The molecule has 0 N–H and O–H groups in total. The predicted molar refractivity (Wildman–Crippen MR) is 82.3 cm³/mol. The average molecular weight is 321 g/mol. The van der Waals surface area contributed by atoms with Gasteiger partial charge in [-0.2, -0.15) is 0 Å². The molecule has 1 atom stereocenters. The molecule has 0 heterocycles. The molecule has 19 heavy (non-hydrogen) atoms. The van der Waals surface area contributed by atoms with Crippen LogP contribution < -0.4 is 0 Å². The SMILES string of the molecule is CC(C)(C)c1ccc(C(Br)c2cccc(F)c2)cc1. The van der Waals surface area contributed by atoms with Crippen molar-refractivity contribution in [1.82, 2.24) is 0 Å². The summed E-state index contributed by atoms with van der Waals surface area (Å²) in [7, 11) is 0. The van der Waals surface area contributed by atoms with E-state index in [1.807, 2.05) is 6.07 Å². The Labute approximate surface area is 122 Å². The van der Waals surface area contributed by atoms with Crippen LogP contribution in [0.3, 0.4) is 0 Å². The van der Waals surface area contributed by atoms with Gasteiger partial charge in [0, 0.05) is 0 Å². The second-order valence-corrected chi connectivity index (χ2v) is 6.71. The zero-order valence-corrected chi connectivity index (χ0v) is 13.0. The topological polar surface area (TPSA) is 0 Å². The lowest BCUT2D eigenvalue weighted by atomic mass is 9.86. The van der Waals surface area contributed by atoms with Gasteiger partial charge in [0.2, 0.25) is 0 Å². The number of hydrogen-bond donors (Lipinski definition) is 0. The van der Waals surface area contributed by atoms with E-state index in [0.717, 1.165) is 11.1 Å². The van der Waals surface area contributed by atoms with Crippen molar-refractivity contribution in [3.05, 3.63) is 71.0 Å². The van der Waals surface area contributed by atoms with Gasteiger partial charge in [0.1, 0.15) is 5.82 Å². The van der Waals surface area contributed by atoms with E-state index in [2.05, 4.69) is 61.0 Å². The Morgan fingerprint density at radius 2 is 1.58 bits per heavy atom. The minimum absolute atomic E-state index is 0.0252. The highest BCUT2D eigenvalue weighted by Crippen LogP contribution is 2.32. The third-order valence-corrected chi connectivity index (χ3v) is 4.27. The van der Waals surface area contributed by atoms with Gasteiger partial charge in [0.25, 0.3) is 0 Å². The number of benzene rings is 2. The van der Waals surface area contributed by atoms with Crippen LogP contribution in [0.15, 0.2) is 48.5 Å². The van der Waals surface area contributed by atoms with Crippen molar-refractivity contribution < 1.29 is 4.39 Å². The Morgan fingerprint density at radius 1 is 0.947 bits per heavy atom. The molecular formula is C17H18BrF. The minimum atomic E-state index is -0.201. The molecule has 0 aliphatic rings. The lowest BCUT2D eigenvalue weighted by Gasteiger charge is -2.20. The quantitative estimate of drug-likeness (QED) is 0.631. The van der Waals surface area contributed by atoms with Crippen molar-refractivity contribution in [3.8, 4) is 0 Å². The molecule has 0 aliphatic carbocycles. The summed E-state index contributed by atoms with van der Waals surface area (Å²) in [4.78, 5) is 0.0252. The Morgan fingerprint density at radius 3 is 2.11 bits per heavy atom. The summed E-state index contributed by atoms with van der Waals surface area (Å²) in [5, 5.41) is 0. The summed E-state index contributed by atoms with van der Waals surface area (Å²) in [6.45, 7) is 6.58. The first-order valence-electron chi connectivity index (χ1n) is 6.38. The highest BCUT2D eigenvalue weighted by Gasteiger charge is 2.15. The fourth-order valence-corrected chi connectivity index (χ4v) is 2.60. The molecule has 0 amide bonds. The van der Waals surface area contributed by atoms with Crippen LogP contribution >= 0.6 is 15.9 Å². The fourth-order valence-electron chi connectivity index (χ4n) is 2.01. The third-order valence-electron chi connectivity index (χ3n) is 3.21. The first kappa shape index (κ1) is 14.3. The van der Waals surface area contributed by atoms with Gasteiger partial charge in [-0.15, -0.1) is 0 Å². The van der Waals surface area contributed by atoms with Gasteiger partial charge in [0.15, 0.2) is 0 Å². The molecule has 100 valence electrons. The van der Waals surface area contributed by atoms with Gasteiger partial charge in [-0.25, -0.2) is 4.39 Å². The molecule has 0 nitrogen and oxygen atoms in total. The average Bonchev–Trinajstić information content (AvgIpc) is 2.37. The molecule has 2 rings (SSSR count). The van der Waals surface area contributed by atoms with Crippen molar-refractivity contribution in [3.63, 3.8) is 0 Å². The molecule has 2 aromatic rings. The van der Waals surface area contributed by atoms with Crippen molar-refractivity contribution in [2.24, 2.45) is 0 Å². The summed E-state index contributed by atoms with van der Waals surface area (Å²) >= 11 is 3.64. The van der Waals surface area contributed by atoms with Gasteiger partial charge < -0.3 is 0 Å². The van der Waals surface area contributed by atoms with E-state index in [4.69, 9.17) is 0 Å². The maximum Gasteiger partial charge on any atom is 0.123 e. The summed E-state index contributed by atoms with van der Waals surface area (Å²) in [5.74, 6) is -0.201. The number of halogens is 2. The van der Waals surface area contributed by atoms with E-state index >= 15 is 0 Å².